The average molecular weight is 250 g/mol. The maximum Gasteiger partial charge on any atom is 0.246 e. The van der Waals surface area contributed by atoms with Gasteiger partial charge in [0.25, 0.3) is 0 Å². The predicted molar refractivity (Wildman–Crippen MR) is 65.6 cm³/mol. The minimum atomic E-state index is -0.400. The van der Waals surface area contributed by atoms with Gasteiger partial charge in [-0.05, 0) is 12.5 Å². The van der Waals surface area contributed by atoms with Gasteiger partial charge in [-0.15, -0.1) is 0 Å². The number of likely N-dealkylation sites (N-methyl/N-ethyl adjacent to an activating group) is 1. The number of hydrogen-bond acceptors (Lipinski definition) is 4. The van der Waals surface area contributed by atoms with Crippen molar-refractivity contribution in [3.05, 3.63) is 17.5 Å². The topological polar surface area (TPSA) is 67.2 Å². The van der Waals surface area contributed by atoms with Crippen LogP contribution in [0.5, 0.6) is 0 Å². The number of aryl methyl sites for hydroxylation is 2. The molecule has 0 aromatic carbocycles. The Balaban J connectivity index is 1.98. The molecule has 6 nitrogen and oxygen atoms in total. The number of nitrogens with zero attached hydrogens (tertiary/aromatic N) is 3. The van der Waals surface area contributed by atoms with Crippen LogP contribution in [0.2, 0.25) is 0 Å². The summed E-state index contributed by atoms with van der Waals surface area (Å²) < 4.78 is 1.80. The van der Waals surface area contributed by atoms with Gasteiger partial charge in [0.1, 0.15) is 0 Å². The maximum absolute atomic E-state index is 11.7. The Morgan fingerprint density at radius 3 is 2.67 bits per heavy atom. The molecule has 18 heavy (non-hydrogen) atoms. The predicted octanol–water partition coefficient (Wildman–Crippen LogP) is -0.171. The molecule has 1 atom stereocenters. The van der Waals surface area contributed by atoms with E-state index in [4.69, 9.17) is 0 Å². The highest BCUT2D eigenvalue weighted by Gasteiger charge is 2.35. The molecule has 0 spiro atoms. The summed E-state index contributed by atoms with van der Waals surface area (Å²) in [6.07, 6.45) is 1.13. The van der Waals surface area contributed by atoms with Crippen molar-refractivity contribution in [1.82, 2.24) is 20.0 Å². The fourth-order valence-electron chi connectivity index (χ4n) is 2.05. The van der Waals surface area contributed by atoms with Gasteiger partial charge in [0.2, 0.25) is 11.8 Å². The molecule has 1 fully saturated rings. The van der Waals surface area contributed by atoms with E-state index in [2.05, 4.69) is 10.4 Å². The smallest absolute Gasteiger partial charge is 0.246 e. The quantitative estimate of drug-likeness (QED) is 0.753. The molecule has 0 saturated carbocycles. The van der Waals surface area contributed by atoms with Crippen molar-refractivity contribution >= 4 is 11.8 Å². The van der Waals surface area contributed by atoms with Crippen molar-refractivity contribution in [2.24, 2.45) is 7.05 Å². The van der Waals surface area contributed by atoms with Crippen LogP contribution in [0.3, 0.4) is 0 Å². The number of carbonyl (C=O) groups excluding carboxylic acids is 2. The molecule has 1 N–H and O–H groups in total. The van der Waals surface area contributed by atoms with Crippen LogP contribution in [0.4, 0.5) is 0 Å². The first-order valence-corrected chi connectivity index (χ1v) is 6.08. The van der Waals surface area contributed by atoms with Crippen molar-refractivity contribution in [1.29, 1.82) is 0 Å². The standard InChI is InChI=1S/C12H18N4O2/c1-4-8-5-9(16(3)14-8)7-13-10-6-11(17)15(2)12(10)18/h5,10,13H,4,6-7H2,1-3H3. The largest absolute Gasteiger partial charge is 0.300 e. The van der Waals surface area contributed by atoms with Crippen LogP contribution in [0.15, 0.2) is 6.07 Å². The second-order valence-corrected chi connectivity index (χ2v) is 4.53. The summed E-state index contributed by atoms with van der Waals surface area (Å²) in [5.41, 5.74) is 2.04. The zero-order valence-corrected chi connectivity index (χ0v) is 10.9. The monoisotopic (exact) mass is 250 g/mol. The number of aromatic nitrogens is 2. The molecule has 2 rings (SSSR count). The normalized spacial score (nSPS) is 19.9. The lowest BCUT2D eigenvalue weighted by Crippen LogP contribution is -2.37. The van der Waals surface area contributed by atoms with Crippen LogP contribution >= 0.6 is 0 Å². The van der Waals surface area contributed by atoms with Crippen LogP contribution in [-0.2, 0) is 29.6 Å². The van der Waals surface area contributed by atoms with Gasteiger partial charge >= 0.3 is 0 Å². The highest BCUT2D eigenvalue weighted by molar-refractivity contribution is 6.05. The number of hydrogen-bond donors (Lipinski definition) is 1. The van der Waals surface area contributed by atoms with Gasteiger partial charge in [-0.3, -0.25) is 24.5 Å². The zero-order valence-electron chi connectivity index (χ0n) is 10.9. The molecule has 2 amide bonds. The van der Waals surface area contributed by atoms with Crippen molar-refractivity contribution in [2.75, 3.05) is 7.05 Å². The summed E-state index contributed by atoms with van der Waals surface area (Å²) in [5, 5.41) is 7.45. The van der Waals surface area contributed by atoms with Crippen molar-refractivity contribution < 1.29 is 9.59 Å². The lowest BCUT2D eigenvalue weighted by Gasteiger charge is -2.10. The third kappa shape index (κ3) is 2.28. The van der Waals surface area contributed by atoms with E-state index >= 15 is 0 Å². The highest BCUT2D eigenvalue weighted by Crippen LogP contribution is 2.11. The lowest BCUT2D eigenvalue weighted by molar-refractivity contribution is -0.137. The van der Waals surface area contributed by atoms with E-state index in [-0.39, 0.29) is 18.2 Å². The van der Waals surface area contributed by atoms with Gasteiger partial charge in [-0.1, -0.05) is 6.92 Å². The summed E-state index contributed by atoms with van der Waals surface area (Å²) in [6, 6.07) is 1.61. The molecule has 6 heteroatoms. The number of likely N-dealkylation sites (tertiary alicyclic amines) is 1. The molecule has 0 radical (unpaired) electrons. The Kier molecular flexibility index (Phi) is 3.47. The Morgan fingerprint density at radius 1 is 1.44 bits per heavy atom. The van der Waals surface area contributed by atoms with Crippen molar-refractivity contribution in [3.8, 4) is 0 Å². The first kappa shape index (κ1) is 12.8. The molecule has 1 aliphatic heterocycles. The Labute approximate surface area is 106 Å². The van der Waals surface area contributed by atoms with E-state index in [1.54, 1.807) is 4.68 Å². The Morgan fingerprint density at radius 2 is 2.17 bits per heavy atom. The fourth-order valence-corrected chi connectivity index (χ4v) is 2.05. The summed E-state index contributed by atoms with van der Waals surface area (Å²) in [5.74, 6) is -0.283. The molecule has 98 valence electrons. The Hall–Kier alpha value is -1.69. The molecule has 1 saturated heterocycles. The molecule has 1 unspecified atom stereocenters. The SMILES string of the molecule is CCc1cc(CNC2CC(=O)N(C)C2=O)n(C)n1. The second kappa shape index (κ2) is 4.89. The number of rotatable bonds is 4. The molecular formula is C12H18N4O2. The maximum atomic E-state index is 11.7. The van der Waals surface area contributed by atoms with Gasteiger partial charge in [0.15, 0.2) is 0 Å². The molecule has 1 aromatic rings. The van der Waals surface area contributed by atoms with E-state index in [9.17, 15) is 9.59 Å². The van der Waals surface area contributed by atoms with Crippen LogP contribution in [0.1, 0.15) is 24.7 Å². The molecular weight excluding hydrogens is 232 g/mol. The van der Waals surface area contributed by atoms with E-state index in [0.717, 1.165) is 17.8 Å². The van der Waals surface area contributed by atoms with E-state index in [1.165, 1.54) is 11.9 Å². The Bertz CT molecular complexity index is 480. The summed E-state index contributed by atoms with van der Waals surface area (Å²) in [7, 11) is 3.40. The molecule has 0 aliphatic carbocycles. The zero-order chi connectivity index (χ0) is 13.3. The number of nitrogens with one attached hydrogen (secondary N) is 1. The number of carbonyl (C=O) groups is 2. The molecule has 0 bridgehead atoms. The minimum Gasteiger partial charge on any atom is -0.300 e. The summed E-state index contributed by atoms with van der Waals surface area (Å²) >= 11 is 0. The van der Waals surface area contributed by atoms with Crippen molar-refractivity contribution in [3.63, 3.8) is 0 Å². The second-order valence-electron chi connectivity index (χ2n) is 4.53. The highest BCUT2D eigenvalue weighted by atomic mass is 16.2. The van der Waals surface area contributed by atoms with E-state index in [1.807, 2.05) is 20.0 Å². The third-order valence-electron chi connectivity index (χ3n) is 3.30. The molecule has 1 aliphatic rings. The van der Waals surface area contributed by atoms with Gasteiger partial charge in [-0.2, -0.15) is 5.10 Å². The third-order valence-corrected chi connectivity index (χ3v) is 3.30. The van der Waals surface area contributed by atoms with E-state index in [0.29, 0.717) is 6.54 Å². The minimum absolute atomic E-state index is 0.128. The van der Waals surface area contributed by atoms with Gasteiger partial charge < -0.3 is 0 Å². The summed E-state index contributed by atoms with van der Waals surface area (Å²) in [4.78, 5) is 24.3. The van der Waals surface area contributed by atoms with Crippen LogP contribution in [0.25, 0.3) is 0 Å². The fraction of sp³-hybridized carbons (Fsp3) is 0.583. The van der Waals surface area contributed by atoms with Gasteiger partial charge in [0.05, 0.1) is 23.9 Å². The van der Waals surface area contributed by atoms with E-state index < -0.39 is 6.04 Å². The summed E-state index contributed by atoms with van der Waals surface area (Å²) in [6.45, 7) is 2.59. The lowest BCUT2D eigenvalue weighted by atomic mass is 10.2. The van der Waals surface area contributed by atoms with Crippen LogP contribution in [0, 0.1) is 0 Å². The first-order chi connectivity index (χ1) is 8.52. The number of amides is 2. The molecule has 2 heterocycles. The number of imide groups is 1. The van der Waals surface area contributed by atoms with Gasteiger partial charge in [0, 0.05) is 20.6 Å². The van der Waals surface area contributed by atoms with Gasteiger partial charge in [-0.25, -0.2) is 0 Å². The van der Waals surface area contributed by atoms with Crippen LogP contribution in [-0.4, -0.2) is 39.6 Å². The molecule has 1 aromatic heterocycles. The van der Waals surface area contributed by atoms with Crippen LogP contribution < -0.4 is 5.32 Å². The first-order valence-electron chi connectivity index (χ1n) is 6.08. The average Bonchev–Trinajstić information content (AvgIpc) is 2.83. The van der Waals surface area contributed by atoms with Crippen molar-refractivity contribution in [2.45, 2.75) is 32.4 Å².